The maximum atomic E-state index is 13.1. The van der Waals surface area contributed by atoms with Gasteiger partial charge in [0.1, 0.15) is 11.4 Å². The highest BCUT2D eigenvalue weighted by Gasteiger charge is 2.37. The predicted octanol–water partition coefficient (Wildman–Crippen LogP) is 3.44. The van der Waals surface area contributed by atoms with Crippen LogP contribution in [0.1, 0.15) is 34.5 Å². The summed E-state index contributed by atoms with van der Waals surface area (Å²) >= 11 is 1.74. The summed E-state index contributed by atoms with van der Waals surface area (Å²) in [5.74, 6) is 0.0110. The normalized spacial score (nSPS) is 18.9. The van der Waals surface area contributed by atoms with E-state index < -0.39 is 0 Å². The number of rotatable bonds is 7. The molecule has 8 heteroatoms. The van der Waals surface area contributed by atoms with E-state index in [1.165, 1.54) is 16.7 Å². The predicted molar refractivity (Wildman–Crippen MR) is 119 cm³/mol. The van der Waals surface area contributed by atoms with E-state index in [2.05, 4.69) is 57.6 Å². The van der Waals surface area contributed by atoms with Crippen LogP contribution in [0.5, 0.6) is 0 Å². The Morgan fingerprint density at radius 1 is 1.23 bits per heavy atom. The topological polar surface area (TPSA) is 84.2 Å². The first-order valence-electron chi connectivity index (χ1n) is 10.4. The molecule has 4 rings (SSSR count). The Hall–Kier alpha value is -2.71. The molecule has 1 fully saturated rings. The van der Waals surface area contributed by atoms with Gasteiger partial charge in [-0.2, -0.15) is 0 Å². The van der Waals surface area contributed by atoms with Gasteiger partial charge >= 0.3 is 0 Å². The van der Waals surface area contributed by atoms with Crippen LogP contribution in [-0.4, -0.2) is 43.9 Å². The van der Waals surface area contributed by atoms with E-state index in [0.29, 0.717) is 23.2 Å². The average molecular weight is 438 g/mol. The van der Waals surface area contributed by atoms with Gasteiger partial charge in [-0.1, -0.05) is 40.1 Å². The minimum absolute atomic E-state index is 0.0110. The number of likely N-dealkylation sites (tertiary alicyclic amines) is 1. The zero-order chi connectivity index (χ0) is 21.8. The molecule has 0 spiro atoms. The minimum Gasteiger partial charge on any atom is -0.349 e. The number of pyridine rings is 1. The molecular weight excluding hydrogens is 410 g/mol. The SMILES string of the molecule is Cc1ccc(C)c(CN2C[C@@H](Sc3ccccn3)C[C@H]2C(=O)NCc2nonc2C)c1. The van der Waals surface area contributed by atoms with Gasteiger partial charge in [0, 0.05) is 24.5 Å². The maximum Gasteiger partial charge on any atom is 0.237 e. The van der Waals surface area contributed by atoms with E-state index in [1.54, 1.807) is 11.8 Å². The molecule has 162 valence electrons. The lowest BCUT2D eigenvalue weighted by Gasteiger charge is -2.24. The highest BCUT2D eigenvalue weighted by atomic mass is 32.2. The van der Waals surface area contributed by atoms with Crippen molar-refractivity contribution in [1.82, 2.24) is 25.5 Å². The Morgan fingerprint density at radius 2 is 2.10 bits per heavy atom. The summed E-state index contributed by atoms with van der Waals surface area (Å²) < 4.78 is 4.74. The molecule has 0 saturated carbocycles. The lowest BCUT2D eigenvalue weighted by Crippen LogP contribution is -2.42. The maximum absolute atomic E-state index is 13.1. The first-order valence-corrected chi connectivity index (χ1v) is 11.3. The molecule has 1 aliphatic rings. The molecule has 1 aliphatic heterocycles. The molecule has 1 saturated heterocycles. The van der Waals surface area contributed by atoms with E-state index >= 15 is 0 Å². The molecule has 3 aromatic rings. The standard InChI is InChI=1S/C23H27N5O2S/c1-15-7-8-16(2)18(10-15)13-28-14-19(31-22-6-4-5-9-24-22)11-21(28)23(29)25-12-20-17(3)26-30-27-20/h4-10,19,21H,11-14H2,1-3H3,(H,25,29)/t19-,21-/m0/s1. The molecule has 2 aromatic heterocycles. The first-order chi connectivity index (χ1) is 15.0. The molecule has 1 N–H and O–H groups in total. The average Bonchev–Trinajstić information content (AvgIpc) is 3.35. The van der Waals surface area contributed by atoms with E-state index in [-0.39, 0.29) is 11.9 Å². The van der Waals surface area contributed by atoms with Crippen LogP contribution in [0.4, 0.5) is 0 Å². The second kappa shape index (κ2) is 9.62. The van der Waals surface area contributed by atoms with Crippen molar-refractivity contribution in [3.8, 4) is 0 Å². The Labute approximate surface area is 186 Å². The van der Waals surface area contributed by atoms with Gasteiger partial charge in [0.15, 0.2) is 0 Å². The number of benzene rings is 1. The number of carbonyl (C=O) groups excluding carboxylic acids is 1. The van der Waals surface area contributed by atoms with Crippen molar-refractivity contribution in [2.75, 3.05) is 6.54 Å². The molecular formula is C23H27N5O2S. The molecule has 1 amide bonds. The monoisotopic (exact) mass is 437 g/mol. The van der Waals surface area contributed by atoms with E-state index in [0.717, 1.165) is 24.5 Å². The van der Waals surface area contributed by atoms with Crippen LogP contribution in [0.15, 0.2) is 52.3 Å². The van der Waals surface area contributed by atoms with Crippen LogP contribution in [0.25, 0.3) is 0 Å². The van der Waals surface area contributed by atoms with Crippen molar-refractivity contribution in [2.24, 2.45) is 0 Å². The van der Waals surface area contributed by atoms with Gasteiger partial charge in [-0.15, -0.1) is 11.8 Å². The number of amides is 1. The third-order valence-corrected chi connectivity index (χ3v) is 6.81. The number of carbonyl (C=O) groups is 1. The molecule has 0 radical (unpaired) electrons. The molecule has 7 nitrogen and oxygen atoms in total. The van der Waals surface area contributed by atoms with Crippen LogP contribution >= 0.6 is 11.8 Å². The Bertz CT molecular complexity index is 1040. The number of nitrogens with one attached hydrogen (secondary N) is 1. The zero-order valence-corrected chi connectivity index (χ0v) is 18.9. The number of aromatic nitrogens is 3. The molecule has 0 unspecified atom stereocenters. The zero-order valence-electron chi connectivity index (χ0n) is 18.0. The fourth-order valence-electron chi connectivity index (χ4n) is 3.87. The van der Waals surface area contributed by atoms with E-state index in [9.17, 15) is 4.79 Å². The summed E-state index contributed by atoms with van der Waals surface area (Å²) in [5.41, 5.74) is 5.09. The fourth-order valence-corrected chi connectivity index (χ4v) is 5.03. The van der Waals surface area contributed by atoms with Crippen molar-refractivity contribution in [3.05, 3.63) is 70.7 Å². The third kappa shape index (κ3) is 5.32. The number of aryl methyl sites for hydroxylation is 3. The quantitative estimate of drug-likeness (QED) is 0.606. The van der Waals surface area contributed by atoms with Crippen molar-refractivity contribution >= 4 is 17.7 Å². The molecule has 31 heavy (non-hydrogen) atoms. The molecule has 0 bridgehead atoms. The number of hydrogen-bond acceptors (Lipinski definition) is 7. The van der Waals surface area contributed by atoms with Crippen molar-refractivity contribution in [2.45, 2.75) is 56.6 Å². The third-order valence-electron chi connectivity index (χ3n) is 5.65. The van der Waals surface area contributed by atoms with Crippen molar-refractivity contribution < 1.29 is 9.42 Å². The van der Waals surface area contributed by atoms with Gasteiger partial charge in [-0.3, -0.25) is 9.69 Å². The molecule has 2 atom stereocenters. The van der Waals surface area contributed by atoms with Crippen LogP contribution in [0.2, 0.25) is 0 Å². The van der Waals surface area contributed by atoms with Gasteiger partial charge in [-0.05, 0) is 50.5 Å². The Balaban J connectivity index is 1.49. The highest BCUT2D eigenvalue weighted by molar-refractivity contribution is 7.99. The molecule has 3 heterocycles. The number of hydrogen-bond donors (Lipinski definition) is 1. The van der Waals surface area contributed by atoms with Gasteiger partial charge in [0.05, 0.1) is 17.6 Å². The molecule has 1 aromatic carbocycles. The summed E-state index contributed by atoms with van der Waals surface area (Å²) in [6.07, 6.45) is 2.58. The van der Waals surface area contributed by atoms with Crippen LogP contribution in [0, 0.1) is 20.8 Å². The van der Waals surface area contributed by atoms with E-state index in [4.69, 9.17) is 4.63 Å². The number of nitrogens with zero attached hydrogens (tertiary/aromatic N) is 4. The Kier molecular flexibility index (Phi) is 6.67. The largest absolute Gasteiger partial charge is 0.349 e. The van der Waals surface area contributed by atoms with Gasteiger partial charge in [0.2, 0.25) is 5.91 Å². The second-order valence-corrected chi connectivity index (χ2v) is 9.35. The lowest BCUT2D eigenvalue weighted by atomic mass is 10.0. The highest BCUT2D eigenvalue weighted by Crippen LogP contribution is 2.33. The fraction of sp³-hybridized carbons (Fsp3) is 0.391. The summed E-state index contributed by atoms with van der Waals surface area (Å²) in [5, 5.41) is 12.0. The summed E-state index contributed by atoms with van der Waals surface area (Å²) in [4.78, 5) is 19.9. The second-order valence-electron chi connectivity index (χ2n) is 8.03. The van der Waals surface area contributed by atoms with Crippen LogP contribution in [0.3, 0.4) is 0 Å². The Morgan fingerprint density at radius 3 is 2.84 bits per heavy atom. The van der Waals surface area contributed by atoms with Crippen LogP contribution in [-0.2, 0) is 17.9 Å². The minimum atomic E-state index is -0.207. The lowest BCUT2D eigenvalue weighted by molar-refractivity contribution is -0.125. The van der Waals surface area contributed by atoms with Crippen molar-refractivity contribution in [1.29, 1.82) is 0 Å². The summed E-state index contributed by atoms with van der Waals surface area (Å²) in [6, 6.07) is 12.2. The van der Waals surface area contributed by atoms with Crippen LogP contribution < -0.4 is 5.32 Å². The van der Waals surface area contributed by atoms with Gasteiger partial charge in [0.25, 0.3) is 0 Å². The van der Waals surface area contributed by atoms with Crippen molar-refractivity contribution in [3.63, 3.8) is 0 Å². The summed E-state index contributed by atoms with van der Waals surface area (Å²) in [6.45, 7) is 7.94. The van der Waals surface area contributed by atoms with Gasteiger partial charge in [-0.25, -0.2) is 9.61 Å². The van der Waals surface area contributed by atoms with Gasteiger partial charge < -0.3 is 5.32 Å². The smallest absolute Gasteiger partial charge is 0.237 e. The summed E-state index contributed by atoms with van der Waals surface area (Å²) in [7, 11) is 0. The van der Waals surface area contributed by atoms with E-state index in [1.807, 2.05) is 31.3 Å². The first kappa shape index (κ1) is 21.5. The molecule has 0 aliphatic carbocycles. The number of thioether (sulfide) groups is 1.